The van der Waals surface area contributed by atoms with Crippen molar-refractivity contribution < 1.29 is 4.79 Å². The topological polar surface area (TPSA) is 62.1 Å². The van der Waals surface area contributed by atoms with Crippen molar-refractivity contribution in [3.63, 3.8) is 0 Å². The van der Waals surface area contributed by atoms with Gasteiger partial charge in [0.2, 0.25) is 0 Å². The maximum Gasteiger partial charge on any atom is 0.315 e. The molecule has 0 aliphatic carbocycles. The van der Waals surface area contributed by atoms with E-state index in [4.69, 9.17) is 5.73 Å². The summed E-state index contributed by atoms with van der Waals surface area (Å²) in [6.07, 6.45) is 2.77. The van der Waals surface area contributed by atoms with Gasteiger partial charge in [0, 0.05) is 18.3 Å². The lowest BCUT2D eigenvalue weighted by Crippen LogP contribution is -2.43. The van der Waals surface area contributed by atoms with Crippen LogP contribution >= 0.6 is 0 Å². The number of aromatic amines is 1. The van der Waals surface area contributed by atoms with Gasteiger partial charge in [-0.3, -0.25) is 0 Å². The normalized spacial score (nSPS) is 17.5. The number of carbonyl (C=O) groups excluding carboxylic acids is 1. The monoisotopic (exact) mass is 291 g/mol. The van der Waals surface area contributed by atoms with Crippen molar-refractivity contribution >= 4 is 16.9 Å². The van der Waals surface area contributed by atoms with Crippen molar-refractivity contribution in [2.24, 2.45) is 5.73 Å². The van der Waals surface area contributed by atoms with Gasteiger partial charge in [-0.1, -0.05) is 42.5 Å². The first-order valence-corrected chi connectivity index (χ1v) is 7.45. The lowest BCUT2D eigenvalue weighted by Gasteiger charge is -2.36. The first kappa shape index (κ1) is 13.0. The van der Waals surface area contributed by atoms with E-state index in [0.717, 1.165) is 28.5 Å². The van der Waals surface area contributed by atoms with Gasteiger partial charge in [0.1, 0.15) is 0 Å². The van der Waals surface area contributed by atoms with E-state index < -0.39 is 0 Å². The highest BCUT2D eigenvalue weighted by Gasteiger charge is 2.31. The van der Waals surface area contributed by atoms with Crippen LogP contribution in [0.3, 0.4) is 0 Å². The molecule has 0 saturated heterocycles. The first-order valence-electron chi connectivity index (χ1n) is 7.45. The van der Waals surface area contributed by atoms with E-state index in [1.54, 1.807) is 4.90 Å². The standard InChI is InChI=1S/C18H17N3O/c19-18(22)21-11-9-12-4-1-2-6-14(12)17(21)15-7-3-5-13-8-10-20-16(13)15/h1-8,10,17,20H,9,11H2,(H2,19,22). The van der Waals surface area contributed by atoms with Crippen LogP contribution in [0.1, 0.15) is 22.7 Å². The van der Waals surface area contributed by atoms with E-state index in [2.05, 4.69) is 29.2 Å². The van der Waals surface area contributed by atoms with Crippen molar-refractivity contribution in [2.45, 2.75) is 12.5 Å². The van der Waals surface area contributed by atoms with E-state index in [1.165, 1.54) is 5.56 Å². The van der Waals surface area contributed by atoms with Gasteiger partial charge >= 0.3 is 6.03 Å². The summed E-state index contributed by atoms with van der Waals surface area (Å²) in [6, 6.07) is 16.0. The van der Waals surface area contributed by atoms with Crippen molar-refractivity contribution in [1.29, 1.82) is 0 Å². The molecular weight excluding hydrogens is 274 g/mol. The van der Waals surface area contributed by atoms with Crippen LogP contribution in [0.2, 0.25) is 0 Å². The molecule has 0 spiro atoms. The highest BCUT2D eigenvalue weighted by atomic mass is 16.2. The minimum absolute atomic E-state index is 0.134. The Bertz CT molecular complexity index is 852. The smallest absolute Gasteiger partial charge is 0.315 e. The highest BCUT2D eigenvalue weighted by molar-refractivity contribution is 5.84. The number of hydrogen-bond donors (Lipinski definition) is 2. The third-order valence-electron chi connectivity index (χ3n) is 4.48. The Hall–Kier alpha value is -2.75. The fourth-order valence-corrected chi connectivity index (χ4v) is 3.48. The summed E-state index contributed by atoms with van der Waals surface area (Å²) in [6.45, 7) is 0.647. The number of primary amides is 1. The van der Waals surface area contributed by atoms with E-state index in [-0.39, 0.29) is 12.1 Å². The fourth-order valence-electron chi connectivity index (χ4n) is 3.48. The van der Waals surface area contributed by atoms with Gasteiger partial charge < -0.3 is 15.6 Å². The predicted molar refractivity (Wildman–Crippen MR) is 86.6 cm³/mol. The molecule has 3 N–H and O–H groups in total. The number of aromatic nitrogens is 1. The Kier molecular flexibility index (Phi) is 2.89. The molecule has 1 aliphatic rings. The Labute approximate surface area is 128 Å². The van der Waals surface area contributed by atoms with Gasteiger partial charge in [-0.2, -0.15) is 0 Å². The van der Waals surface area contributed by atoms with Gasteiger partial charge in [-0.15, -0.1) is 0 Å². The van der Waals surface area contributed by atoms with Gasteiger partial charge in [-0.05, 0) is 29.0 Å². The van der Waals surface area contributed by atoms with E-state index >= 15 is 0 Å². The zero-order chi connectivity index (χ0) is 15.1. The molecule has 2 aromatic carbocycles. The van der Waals surface area contributed by atoms with Crippen LogP contribution in [0.5, 0.6) is 0 Å². The molecule has 2 heterocycles. The molecule has 1 aliphatic heterocycles. The van der Waals surface area contributed by atoms with Gasteiger partial charge in [0.05, 0.1) is 11.6 Å². The summed E-state index contributed by atoms with van der Waals surface area (Å²) in [7, 11) is 0. The number of urea groups is 1. The second-order valence-electron chi connectivity index (χ2n) is 5.67. The average molecular weight is 291 g/mol. The average Bonchev–Trinajstić information content (AvgIpc) is 3.02. The molecule has 4 rings (SSSR count). The third-order valence-corrected chi connectivity index (χ3v) is 4.48. The second kappa shape index (κ2) is 4.91. The number of carbonyl (C=O) groups is 1. The van der Waals surface area contributed by atoms with Crippen LogP contribution in [0.15, 0.2) is 54.7 Å². The van der Waals surface area contributed by atoms with Crippen LogP contribution in [0.4, 0.5) is 4.79 Å². The molecule has 1 atom stereocenters. The second-order valence-corrected chi connectivity index (χ2v) is 5.67. The summed E-state index contributed by atoms with van der Waals surface area (Å²) in [5.74, 6) is 0. The maximum absolute atomic E-state index is 12.0. The number of fused-ring (bicyclic) bond motifs is 2. The summed E-state index contributed by atoms with van der Waals surface area (Å²) in [5.41, 5.74) is 10.3. The van der Waals surface area contributed by atoms with Crippen LogP contribution in [0, 0.1) is 0 Å². The largest absolute Gasteiger partial charge is 0.361 e. The molecule has 1 aromatic heterocycles. The molecule has 0 radical (unpaired) electrons. The molecule has 0 bridgehead atoms. The van der Waals surface area contributed by atoms with E-state index in [0.29, 0.717) is 6.54 Å². The third kappa shape index (κ3) is 1.88. The zero-order valence-electron chi connectivity index (χ0n) is 12.1. The van der Waals surface area contributed by atoms with Crippen molar-refractivity contribution in [2.75, 3.05) is 6.54 Å². The number of nitrogens with zero attached hydrogens (tertiary/aromatic N) is 1. The molecule has 22 heavy (non-hydrogen) atoms. The number of rotatable bonds is 1. The van der Waals surface area contributed by atoms with Gasteiger partial charge in [0.15, 0.2) is 0 Å². The minimum atomic E-state index is -0.372. The number of H-pyrrole nitrogens is 1. The highest BCUT2D eigenvalue weighted by Crippen LogP contribution is 2.37. The number of amides is 2. The molecule has 0 fully saturated rings. The van der Waals surface area contributed by atoms with Gasteiger partial charge in [-0.25, -0.2) is 4.79 Å². The Morgan fingerprint density at radius 1 is 1.09 bits per heavy atom. The molecular formula is C18H17N3O. The van der Waals surface area contributed by atoms with Crippen LogP contribution in [-0.4, -0.2) is 22.5 Å². The summed E-state index contributed by atoms with van der Waals surface area (Å²) in [4.78, 5) is 17.0. The lowest BCUT2D eigenvalue weighted by molar-refractivity contribution is 0.190. The molecule has 4 heteroatoms. The number of nitrogens with one attached hydrogen (secondary N) is 1. The van der Waals surface area contributed by atoms with Crippen molar-refractivity contribution in [3.8, 4) is 0 Å². The number of hydrogen-bond acceptors (Lipinski definition) is 1. The van der Waals surface area contributed by atoms with Crippen LogP contribution < -0.4 is 5.73 Å². The molecule has 110 valence electrons. The summed E-state index contributed by atoms with van der Waals surface area (Å²) in [5, 5.41) is 1.14. The minimum Gasteiger partial charge on any atom is -0.361 e. The van der Waals surface area contributed by atoms with E-state index in [9.17, 15) is 4.79 Å². The number of para-hydroxylation sites is 1. The Balaban J connectivity index is 1.96. The summed E-state index contributed by atoms with van der Waals surface area (Å²) < 4.78 is 0. The fraction of sp³-hybridized carbons (Fsp3) is 0.167. The predicted octanol–water partition coefficient (Wildman–Crippen LogP) is 3.19. The molecule has 1 unspecified atom stereocenters. The molecule has 3 aromatic rings. The van der Waals surface area contributed by atoms with Crippen molar-refractivity contribution in [1.82, 2.24) is 9.88 Å². The van der Waals surface area contributed by atoms with Crippen LogP contribution in [-0.2, 0) is 6.42 Å². The molecule has 4 nitrogen and oxygen atoms in total. The SMILES string of the molecule is NC(=O)N1CCc2ccccc2C1c1cccc2cc[nH]c12. The Morgan fingerprint density at radius 3 is 2.77 bits per heavy atom. The van der Waals surface area contributed by atoms with E-state index in [1.807, 2.05) is 30.5 Å². The number of nitrogens with two attached hydrogens (primary N) is 1. The lowest BCUT2D eigenvalue weighted by atomic mass is 9.87. The molecule has 2 amide bonds. The Morgan fingerprint density at radius 2 is 1.91 bits per heavy atom. The first-order chi connectivity index (χ1) is 10.8. The molecule has 0 saturated carbocycles. The van der Waals surface area contributed by atoms with Gasteiger partial charge in [0.25, 0.3) is 0 Å². The zero-order valence-corrected chi connectivity index (χ0v) is 12.1. The quantitative estimate of drug-likeness (QED) is 0.710. The summed E-state index contributed by atoms with van der Waals surface area (Å²) >= 11 is 0. The van der Waals surface area contributed by atoms with Crippen molar-refractivity contribution in [3.05, 3.63) is 71.4 Å². The van der Waals surface area contributed by atoms with Crippen LogP contribution in [0.25, 0.3) is 10.9 Å². The number of benzene rings is 2. The maximum atomic E-state index is 12.0.